The maximum Gasteiger partial charge on any atom is 0.0992 e. The minimum absolute atomic E-state index is 0.658. The first-order valence-corrected chi connectivity index (χ1v) is 4.63. The molecule has 0 aromatic heterocycles. The van der Waals surface area contributed by atoms with Crippen molar-refractivity contribution in [1.29, 1.82) is 5.26 Å². The van der Waals surface area contributed by atoms with Crippen molar-refractivity contribution in [3.8, 4) is 6.07 Å². The zero-order chi connectivity index (χ0) is 9.84. The molecule has 1 radical (unpaired) electrons. The molecule has 0 unspecified atom stereocenters. The third kappa shape index (κ3) is 2.43. The van der Waals surface area contributed by atoms with Gasteiger partial charge in [-0.05, 0) is 23.8 Å². The lowest BCUT2D eigenvalue weighted by Gasteiger charge is -2.06. The van der Waals surface area contributed by atoms with Gasteiger partial charge in [0.05, 0.1) is 11.6 Å². The molecular formula is C11H9BrN. The molecule has 1 aromatic carbocycles. The van der Waals surface area contributed by atoms with Gasteiger partial charge in [0, 0.05) is 10.4 Å². The number of rotatable bonds is 2. The number of nitriles is 1. The second-order valence-electron chi connectivity index (χ2n) is 2.73. The summed E-state index contributed by atoms with van der Waals surface area (Å²) < 4.78 is 0.919. The average molecular weight is 235 g/mol. The molecule has 0 heterocycles. The molecular weight excluding hydrogens is 226 g/mol. The fourth-order valence-corrected chi connectivity index (χ4v) is 1.49. The first-order valence-electron chi connectivity index (χ1n) is 3.84. The highest BCUT2D eigenvalue weighted by Crippen LogP contribution is 2.21. The van der Waals surface area contributed by atoms with Crippen LogP contribution in [0.15, 0.2) is 35.3 Å². The second kappa shape index (κ2) is 4.25. The SMILES string of the molecule is C=C[C](C)c1cc(Br)cc(C#N)c1. The molecule has 0 spiro atoms. The second-order valence-corrected chi connectivity index (χ2v) is 3.64. The van der Waals surface area contributed by atoms with Crippen LogP contribution in [-0.4, -0.2) is 0 Å². The summed E-state index contributed by atoms with van der Waals surface area (Å²) in [6.07, 6.45) is 1.78. The Morgan fingerprint density at radius 1 is 1.54 bits per heavy atom. The van der Waals surface area contributed by atoms with Crippen molar-refractivity contribution in [2.24, 2.45) is 0 Å². The molecule has 13 heavy (non-hydrogen) atoms. The van der Waals surface area contributed by atoms with Gasteiger partial charge in [-0.1, -0.05) is 28.9 Å². The van der Waals surface area contributed by atoms with Crippen LogP contribution in [0.3, 0.4) is 0 Å². The van der Waals surface area contributed by atoms with Crippen LogP contribution in [0.25, 0.3) is 0 Å². The molecule has 0 saturated heterocycles. The molecule has 1 nitrogen and oxygen atoms in total. The Balaban J connectivity index is 3.17. The largest absolute Gasteiger partial charge is 0.192 e. The maximum atomic E-state index is 8.74. The smallest absolute Gasteiger partial charge is 0.0992 e. The molecule has 1 rings (SSSR count). The number of halogens is 1. The molecule has 1 aromatic rings. The zero-order valence-electron chi connectivity index (χ0n) is 7.34. The molecule has 0 amide bonds. The van der Waals surface area contributed by atoms with Crippen LogP contribution in [0, 0.1) is 17.2 Å². The lowest BCUT2D eigenvalue weighted by atomic mass is 10.00. The van der Waals surface area contributed by atoms with Crippen molar-refractivity contribution >= 4 is 15.9 Å². The number of allylic oxidation sites excluding steroid dienone is 1. The lowest BCUT2D eigenvalue weighted by molar-refractivity contribution is 1.24. The van der Waals surface area contributed by atoms with Crippen LogP contribution in [0.4, 0.5) is 0 Å². The molecule has 0 atom stereocenters. The molecule has 0 fully saturated rings. The van der Waals surface area contributed by atoms with Gasteiger partial charge in [0.15, 0.2) is 0 Å². The van der Waals surface area contributed by atoms with Crippen molar-refractivity contribution in [2.75, 3.05) is 0 Å². The fourth-order valence-electron chi connectivity index (χ4n) is 1.000. The van der Waals surface area contributed by atoms with Crippen molar-refractivity contribution in [3.63, 3.8) is 0 Å². The summed E-state index contributed by atoms with van der Waals surface area (Å²) in [6.45, 7) is 5.66. The van der Waals surface area contributed by atoms with E-state index in [1.807, 2.05) is 19.1 Å². The number of nitrogens with zero attached hydrogens (tertiary/aromatic N) is 1. The van der Waals surface area contributed by atoms with Gasteiger partial charge in [-0.25, -0.2) is 0 Å². The predicted octanol–water partition coefficient (Wildman–Crippen LogP) is 3.45. The molecule has 0 aliphatic heterocycles. The minimum Gasteiger partial charge on any atom is -0.192 e. The number of hydrogen-bond acceptors (Lipinski definition) is 1. The quantitative estimate of drug-likeness (QED) is 0.770. The molecule has 0 N–H and O–H groups in total. The van der Waals surface area contributed by atoms with Gasteiger partial charge in [0.1, 0.15) is 0 Å². The Bertz CT molecular complexity index is 363. The van der Waals surface area contributed by atoms with Gasteiger partial charge in [0.25, 0.3) is 0 Å². The summed E-state index contributed by atoms with van der Waals surface area (Å²) >= 11 is 3.35. The maximum absolute atomic E-state index is 8.74. The van der Waals surface area contributed by atoms with E-state index in [9.17, 15) is 0 Å². The van der Waals surface area contributed by atoms with Gasteiger partial charge in [-0.2, -0.15) is 5.26 Å². The number of benzene rings is 1. The van der Waals surface area contributed by atoms with E-state index in [1.54, 1.807) is 12.1 Å². The van der Waals surface area contributed by atoms with E-state index in [2.05, 4.69) is 28.6 Å². The Kier molecular flexibility index (Phi) is 3.27. The van der Waals surface area contributed by atoms with Crippen molar-refractivity contribution in [2.45, 2.75) is 6.92 Å². The predicted molar refractivity (Wildman–Crippen MR) is 57.1 cm³/mol. The summed E-state index contributed by atoms with van der Waals surface area (Å²) in [6, 6.07) is 7.72. The van der Waals surface area contributed by atoms with E-state index in [1.165, 1.54) is 0 Å². The third-order valence-corrected chi connectivity index (χ3v) is 2.25. The zero-order valence-corrected chi connectivity index (χ0v) is 8.93. The summed E-state index contributed by atoms with van der Waals surface area (Å²) in [7, 11) is 0. The monoisotopic (exact) mass is 234 g/mol. The molecule has 65 valence electrons. The van der Waals surface area contributed by atoms with Crippen molar-refractivity contribution in [1.82, 2.24) is 0 Å². The van der Waals surface area contributed by atoms with E-state index in [4.69, 9.17) is 5.26 Å². The summed E-state index contributed by atoms with van der Waals surface area (Å²) in [4.78, 5) is 0. The summed E-state index contributed by atoms with van der Waals surface area (Å²) in [5.74, 6) is 1.07. The van der Waals surface area contributed by atoms with Crippen LogP contribution in [0.2, 0.25) is 0 Å². The van der Waals surface area contributed by atoms with Crippen LogP contribution in [0.1, 0.15) is 18.1 Å². The lowest BCUT2D eigenvalue weighted by Crippen LogP contribution is -1.90. The summed E-state index contributed by atoms with van der Waals surface area (Å²) in [5, 5.41) is 8.74. The third-order valence-electron chi connectivity index (χ3n) is 1.79. The van der Waals surface area contributed by atoms with Crippen LogP contribution >= 0.6 is 15.9 Å². The Hall–Kier alpha value is -1.07. The van der Waals surface area contributed by atoms with Gasteiger partial charge >= 0.3 is 0 Å². The Morgan fingerprint density at radius 3 is 2.77 bits per heavy atom. The summed E-state index contributed by atoms with van der Waals surface area (Å²) in [5.41, 5.74) is 1.69. The fraction of sp³-hybridized carbons (Fsp3) is 0.0909. The minimum atomic E-state index is 0.658. The molecule has 2 heteroatoms. The van der Waals surface area contributed by atoms with Crippen LogP contribution < -0.4 is 0 Å². The van der Waals surface area contributed by atoms with Crippen molar-refractivity contribution in [3.05, 3.63) is 52.4 Å². The van der Waals surface area contributed by atoms with Gasteiger partial charge in [-0.3, -0.25) is 0 Å². The van der Waals surface area contributed by atoms with E-state index < -0.39 is 0 Å². The molecule has 0 aliphatic carbocycles. The Morgan fingerprint density at radius 2 is 2.23 bits per heavy atom. The average Bonchev–Trinajstić information content (AvgIpc) is 2.15. The Labute approximate surface area is 86.8 Å². The topological polar surface area (TPSA) is 23.8 Å². The first-order chi connectivity index (χ1) is 6.17. The van der Waals surface area contributed by atoms with Crippen molar-refractivity contribution < 1.29 is 0 Å². The van der Waals surface area contributed by atoms with Crippen LogP contribution in [-0.2, 0) is 0 Å². The van der Waals surface area contributed by atoms with E-state index in [0.29, 0.717) is 5.56 Å². The van der Waals surface area contributed by atoms with Gasteiger partial charge in [-0.15, -0.1) is 6.58 Å². The standard InChI is InChI=1S/C11H9BrN/c1-3-8(2)10-4-9(7-13)5-11(12)6-10/h3-6H,1H2,2H3. The van der Waals surface area contributed by atoms with Crippen LogP contribution in [0.5, 0.6) is 0 Å². The van der Waals surface area contributed by atoms with E-state index in [0.717, 1.165) is 16.0 Å². The van der Waals surface area contributed by atoms with Gasteiger partial charge in [0.2, 0.25) is 0 Å². The van der Waals surface area contributed by atoms with Gasteiger partial charge < -0.3 is 0 Å². The molecule has 0 saturated carbocycles. The normalized spacial score (nSPS) is 9.69. The number of hydrogen-bond donors (Lipinski definition) is 0. The van der Waals surface area contributed by atoms with E-state index in [-0.39, 0.29) is 0 Å². The highest BCUT2D eigenvalue weighted by molar-refractivity contribution is 9.10. The van der Waals surface area contributed by atoms with E-state index >= 15 is 0 Å². The highest BCUT2D eigenvalue weighted by atomic mass is 79.9. The highest BCUT2D eigenvalue weighted by Gasteiger charge is 2.04. The first kappa shape index (κ1) is 10.0. The molecule has 0 aliphatic rings. The molecule has 0 bridgehead atoms.